The summed E-state index contributed by atoms with van der Waals surface area (Å²) < 4.78 is 5.45. The molecule has 1 saturated carbocycles. The molecule has 0 aromatic heterocycles. The molecule has 0 aromatic carbocycles. The summed E-state index contributed by atoms with van der Waals surface area (Å²) in [4.78, 5) is 12.0. The van der Waals surface area contributed by atoms with E-state index in [9.17, 15) is 4.79 Å². The number of hydrogen-bond donors (Lipinski definition) is 2. The molecule has 1 heterocycles. The summed E-state index contributed by atoms with van der Waals surface area (Å²) in [6.45, 7) is 6.71. The molecule has 1 saturated heterocycles. The predicted molar refractivity (Wildman–Crippen MR) is 66.7 cm³/mol. The van der Waals surface area contributed by atoms with Crippen molar-refractivity contribution >= 4 is 5.91 Å². The van der Waals surface area contributed by atoms with Crippen molar-refractivity contribution < 1.29 is 9.53 Å². The van der Waals surface area contributed by atoms with Crippen molar-refractivity contribution in [2.24, 2.45) is 11.8 Å². The van der Waals surface area contributed by atoms with Gasteiger partial charge in [0.15, 0.2) is 0 Å². The second-order valence-electron chi connectivity index (χ2n) is 5.54. The minimum Gasteiger partial charge on any atom is -0.366 e. The summed E-state index contributed by atoms with van der Waals surface area (Å²) in [5, 5.41) is 6.32. The Labute approximate surface area is 103 Å². The zero-order valence-electron chi connectivity index (χ0n) is 10.9. The van der Waals surface area contributed by atoms with Crippen LogP contribution in [0.5, 0.6) is 0 Å². The second-order valence-corrected chi connectivity index (χ2v) is 5.54. The summed E-state index contributed by atoms with van der Waals surface area (Å²) in [7, 11) is 0. The number of morpholine rings is 1. The fourth-order valence-corrected chi connectivity index (χ4v) is 2.71. The third kappa shape index (κ3) is 3.42. The van der Waals surface area contributed by atoms with Gasteiger partial charge < -0.3 is 15.4 Å². The molecule has 0 spiro atoms. The molecule has 0 radical (unpaired) electrons. The third-order valence-electron chi connectivity index (χ3n) is 4.16. The van der Waals surface area contributed by atoms with Gasteiger partial charge in [-0.05, 0) is 31.1 Å². The normalized spacial score (nSPS) is 38.7. The third-order valence-corrected chi connectivity index (χ3v) is 4.16. The topological polar surface area (TPSA) is 50.4 Å². The first-order valence-corrected chi connectivity index (χ1v) is 6.79. The molecule has 2 N–H and O–H groups in total. The van der Waals surface area contributed by atoms with Crippen LogP contribution < -0.4 is 10.6 Å². The summed E-state index contributed by atoms with van der Waals surface area (Å²) in [6.07, 6.45) is 3.14. The Hall–Kier alpha value is -0.610. The van der Waals surface area contributed by atoms with Gasteiger partial charge in [-0.15, -0.1) is 0 Å². The lowest BCUT2D eigenvalue weighted by Gasteiger charge is -2.33. The minimum atomic E-state index is -0.293. The van der Waals surface area contributed by atoms with E-state index in [2.05, 4.69) is 24.5 Å². The van der Waals surface area contributed by atoms with Crippen LogP contribution in [0.3, 0.4) is 0 Å². The van der Waals surface area contributed by atoms with E-state index in [1.165, 1.54) is 6.42 Å². The highest BCUT2D eigenvalue weighted by atomic mass is 16.5. The van der Waals surface area contributed by atoms with Crippen LogP contribution in [0.4, 0.5) is 0 Å². The van der Waals surface area contributed by atoms with Gasteiger partial charge in [0, 0.05) is 19.1 Å². The van der Waals surface area contributed by atoms with Crippen molar-refractivity contribution in [2.75, 3.05) is 19.7 Å². The van der Waals surface area contributed by atoms with E-state index in [1.54, 1.807) is 0 Å². The molecule has 4 atom stereocenters. The van der Waals surface area contributed by atoms with Crippen LogP contribution in [0.2, 0.25) is 0 Å². The molecule has 0 bridgehead atoms. The van der Waals surface area contributed by atoms with Gasteiger partial charge >= 0.3 is 0 Å². The number of hydrogen-bond acceptors (Lipinski definition) is 3. The van der Waals surface area contributed by atoms with Crippen molar-refractivity contribution in [3.05, 3.63) is 0 Å². The number of nitrogens with one attached hydrogen (secondary N) is 2. The molecule has 4 heteroatoms. The summed E-state index contributed by atoms with van der Waals surface area (Å²) >= 11 is 0. The van der Waals surface area contributed by atoms with Crippen LogP contribution in [0.25, 0.3) is 0 Å². The maximum absolute atomic E-state index is 12.0. The summed E-state index contributed by atoms with van der Waals surface area (Å²) in [6, 6.07) is 0.347. The van der Waals surface area contributed by atoms with Crippen molar-refractivity contribution in [1.29, 1.82) is 0 Å². The molecule has 1 amide bonds. The first-order chi connectivity index (χ1) is 8.16. The first-order valence-electron chi connectivity index (χ1n) is 6.79. The second kappa shape index (κ2) is 5.83. The monoisotopic (exact) mass is 240 g/mol. The van der Waals surface area contributed by atoms with E-state index < -0.39 is 0 Å². The van der Waals surface area contributed by atoms with E-state index in [1.807, 2.05) is 0 Å². The summed E-state index contributed by atoms with van der Waals surface area (Å²) in [5.41, 5.74) is 0. The maximum Gasteiger partial charge on any atom is 0.250 e. The first kappa shape index (κ1) is 12.8. The van der Waals surface area contributed by atoms with E-state index in [0.29, 0.717) is 25.1 Å². The standard InChI is InChI=1S/C13H24N2O2/c1-9-3-4-11(7-10(9)2)15-13(16)12-8-14-5-6-17-12/h9-12,14H,3-8H2,1-2H3,(H,15,16). The molecular formula is C13H24N2O2. The van der Waals surface area contributed by atoms with Crippen LogP contribution in [-0.2, 0) is 9.53 Å². The Morgan fingerprint density at radius 2 is 2.12 bits per heavy atom. The zero-order chi connectivity index (χ0) is 12.3. The van der Waals surface area contributed by atoms with E-state index in [4.69, 9.17) is 4.74 Å². The van der Waals surface area contributed by atoms with E-state index >= 15 is 0 Å². The number of carbonyl (C=O) groups excluding carboxylic acids is 1. The van der Waals surface area contributed by atoms with Crippen molar-refractivity contribution in [1.82, 2.24) is 10.6 Å². The van der Waals surface area contributed by atoms with Crippen LogP contribution >= 0.6 is 0 Å². The number of carbonyl (C=O) groups is 1. The van der Waals surface area contributed by atoms with Gasteiger partial charge in [-0.1, -0.05) is 13.8 Å². The summed E-state index contributed by atoms with van der Waals surface area (Å²) in [5.74, 6) is 1.55. The lowest BCUT2D eigenvalue weighted by Crippen LogP contribution is -2.51. The van der Waals surface area contributed by atoms with Crippen LogP contribution in [-0.4, -0.2) is 37.7 Å². The molecule has 2 fully saturated rings. The molecule has 4 nitrogen and oxygen atoms in total. The number of rotatable bonds is 2. The molecule has 2 aliphatic rings. The fourth-order valence-electron chi connectivity index (χ4n) is 2.71. The van der Waals surface area contributed by atoms with Gasteiger partial charge in [0.25, 0.3) is 5.91 Å². The average Bonchev–Trinajstić information content (AvgIpc) is 2.35. The van der Waals surface area contributed by atoms with Crippen LogP contribution in [0, 0.1) is 11.8 Å². The Morgan fingerprint density at radius 1 is 1.29 bits per heavy atom. The smallest absolute Gasteiger partial charge is 0.250 e. The van der Waals surface area contributed by atoms with Crippen molar-refractivity contribution in [3.63, 3.8) is 0 Å². The highest BCUT2D eigenvalue weighted by Gasteiger charge is 2.28. The highest BCUT2D eigenvalue weighted by molar-refractivity contribution is 5.81. The quantitative estimate of drug-likeness (QED) is 0.754. The Kier molecular flexibility index (Phi) is 4.40. The maximum atomic E-state index is 12.0. The van der Waals surface area contributed by atoms with Gasteiger partial charge in [-0.2, -0.15) is 0 Å². The van der Waals surface area contributed by atoms with E-state index in [-0.39, 0.29) is 12.0 Å². The lowest BCUT2D eigenvalue weighted by atomic mass is 9.79. The highest BCUT2D eigenvalue weighted by Crippen LogP contribution is 2.29. The van der Waals surface area contributed by atoms with Crippen LogP contribution in [0.15, 0.2) is 0 Å². The lowest BCUT2D eigenvalue weighted by molar-refractivity contribution is -0.135. The average molecular weight is 240 g/mol. The van der Waals surface area contributed by atoms with Gasteiger partial charge in [0.05, 0.1) is 6.61 Å². The van der Waals surface area contributed by atoms with Gasteiger partial charge in [0.2, 0.25) is 0 Å². The molecule has 1 aliphatic heterocycles. The van der Waals surface area contributed by atoms with Crippen molar-refractivity contribution in [3.8, 4) is 0 Å². The number of amides is 1. The molecular weight excluding hydrogens is 216 g/mol. The largest absolute Gasteiger partial charge is 0.366 e. The molecule has 1 aliphatic carbocycles. The predicted octanol–water partition coefficient (Wildman–Crippen LogP) is 0.916. The number of ether oxygens (including phenoxy) is 1. The molecule has 98 valence electrons. The van der Waals surface area contributed by atoms with Crippen molar-refractivity contribution in [2.45, 2.75) is 45.3 Å². The van der Waals surface area contributed by atoms with Gasteiger partial charge in [-0.3, -0.25) is 4.79 Å². The van der Waals surface area contributed by atoms with Crippen LogP contribution in [0.1, 0.15) is 33.1 Å². The molecule has 17 heavy (non-hydrogen) atoms. The van der Waals surface area contributed by atoms with E-state index in [0.717, 1.165) is 25.3 Å². The zero-order valence-corrected chi connectivity index (χ0v) is 10.9. The van der Waals surface area contributed by atoms with Gasteiger partial charge in [0.1, 0.15) is 6.10 Å². The molecule has 4 unspecified atom stereocenters. The molecule has 2 rings (SSSR count). The Bertz CT molecular complexity index is 264. The Balaban J connectivity index is 1.78. The minimum absolute atomic E-state index is 0.0592. The Morgan fingerprint density at radius 3 is 2.76 bits per heavy atom. The molecule has 0 aromatic rings. The SMILES string of the molecule is CC1CCC(NC(=O)C2CNCCO2)CC1C. The fraction of sp³-hybridized carbons (Fsp3) is 0.923. The van der Waals surface area contributed by atoms with Gasteiger partial charge in [-0.25, -0.2) is 0 Å².